The van der Waals surface area contributed by atoms with Gasteiger partial charge >= 0.3 is 0 Å². The number of H-pyrrole nitrogens is 1. The number of aromatic amines is 1. The summed E-state index contributed by atoms with van der Waals surface area (Å²) >= 11 is 1.81. The zero-order valence-electron chi connectivity index (χ0n) is 13.1. The number of aliphatic imine (C=N–C) groups is 1. The number of hydrogen-bond donors (Lipinski definition) is 1. The molecule has 1 aliphatic rings. The second-order valence-electron chi connectivity index (χ2n) is 5.82. The summed E-state index contributed by atoms with van der Waals surface area (Å²) in [6, 6.07) is 8.54. The van der Waals surface area contributed by atoms with Gasteiger partial charge in [0.15, 0.2) is 0 Å². The molecule has 0 bridgehead atoms. The van der Waals surface area contributed by atoms with Crippen molar-refractivity contribution < 1.29 is 0 Å². The van der Waals surface area contributed by atoms with Crippen LogP contribution in [0.15, 0.2) is 41.9 Å². The molecule has 1 atom stereocenters. The van der Waals surface area contributed by atoms with E-state index >= 15 is 0 Å². The van der Waals surface area contributed by atoms with Crippen LogP contribution in [0.1, 0.15) is 5.69 Å². The third-order valence-electron chi connectivity index (χ3n) is 3.92. The van der Waals surface area contributed by atoms with E-state index in [-0.39, 0.29) is 0 Å². The molecule has 7 heteroatoms. The molecule has 118 valence electrons. The molecule has 0 saturated heterocycles. The van der Waals surface area contributed by atoms with E-state index in [1.54, 1.807) is 12.7 Å². The second kappa shape index (κ2) is 5.73. The van der Waals surface area contributed by atoms with Crippen LogP contribution in [0.4, 0.5) is 5.69 Å². The van der Waals surface area contributed by atoms with Crippen LogP contribution < -0.4 is 4.90 Å². The molecule has 23 heavy (non-hydrogen) atoms. The molecule has 0 amide bonds. The van der Waals surface area contributed by atoms with Gasteiger partial charge in [0.1, 0.15) is 17.7 Å². The lowest BCUT2D eigenvalue weighted by molar-refractivity contribution is 0.599. The lowest BCUT2D eigenvalue weighted by atomic mass is 10.2. The van der Waals surface area contributed by atoms with Crippen molar-refractivity contribution in [1.82, 2.24) is 19.7 Å². The third-order valence-corrected chi connectivity index (χ3v) is 5.12. The van der Waals surface area contributed by atoms with Gasteiger partial charge < -0.3 is 9.88 Å². The Labute approximate surface area is 138 Å². The number of hydrogen-bond acceptors (Lipinski definition) is 5. The number of para-hydroxylation sites is 1. The van der Waals surface area contributed by atoms with Crippen LogP contribution in [0.5, 0.6) is 0 Å². The molecule has 3 aromatic rings. The largest absolute Gasteiger partial charge is 0.376 e. The van der Waals surface area contributed by atoms with Crippen molar-refractivity contribution in [3.63, 3.8) is 0 Å². The average Bonchev–Trinajstić information content (AvgIpc) is 3.26. The van der Waals surface area contributed by atoms with Crippen molar-refractivity contribution in [2.75, 3.05) is 25.5 Å². The van der Waals surface area contributed by atoms with Gasteiger partial charge in [0.25, 0.3) is 0 Å². The lowest BCUT2D eigenvalue weighted by Gasteiger charge is -2.13. The van der Waals surface area contributed by atoms with Crippen LogP contribution in [0.3, 0.4) is 0 Å². The van der Waals surface area contributed by atoms with Gasteiger partial charge in [-0.15, -0.1) is 0 Å². The van der Waals surface area contributed by atoms with E-state index in [2.05, 4.69) is 58.3 Å². The van der Waals surface area contributed by atoms with Gasteiger partial charge in [0.05, 0.1) is 35.2 Å². The molecule has 1 aliphatic heterocycles. The van der Waals surface area contributed by atoms with Gasteiger partial charge in [-0.3, -0.25) is 9.67 Å². The highest BCUT2D eigenvalue weighted by Gasteiger charge is 2.23. The van der Waals surface area contributed by atoms with Crippen LogP contribution >= 0.6 is 11.8 Å². The van der Waals surface area contributed by atoms with Gasteiger partial charge in [-0.05, 0) is 12.1 Å². The van der Waals surface area contributed by atoms with Gasteiger partial charge in [-0.25, -0.2) is 4.98 Å². The molecule has 1 unspecified atom stereocenters. The van der Waals surface area contributed by atoms with Crippen molar-refractivity contribution in [1.29, 1.82) is 0 Å². The predicted octanol–water partition coefficient (Wildman–Crippen LogP) is 2.39. The van der Waals surface area contributed by atoms with Crippen molar-refractivity contribution in [2.24, 2.45) is 4.99 Å². The molecule has 4 rings (SSSR count). The molecule has 0 radical (unpaired) electrons. The Hall–Kier alpha value is -2.28. The minimum atomic E-state index is 0.409. The number of fused-ring (bicyclic) bond motifs is 1. The maximum absolute atomic E-state index is 4.71. The van der Waals surface area contributed by atoms with Gasteiger partial charge in [-0.1, -0.05) is 23.9 Å². The summed E-state index contributed by atoms with van der Waals surface area (Å²) in [5, 5.41) is 6.88. The van der Waals surface area contributed by atoms with Crippen molar-refractivity contribution in [3.8, 4) is 0 Å². The highest BCUT2D eigenvalue weighted by Crippen LogP contribution is 2.31. The quantitative estimate of drug-likeness (QED) is 0.800. The van der Waals surface area contributed by atoms with Crippen molar-refractivity contribution in [3.05, 3.63) is 42.6 Å². The molecular weight excluding hydrogens is 308 g/mol. The number of benzene rings is 1. The third kappa shape index (κ3) is 2.72. The Morgan fingerprint density at radius 3 is 3.09 bits per heavy atom. The zero-order valence-corrected chi connectivity index (χ0v) is 13.9. The lowest BCUT2D eigenvalue weighted by Crippen LogP contribution is -2.14. The molecule has 0 fully saturated rings. The van der Waals surface area contributed by atoms with Crippen molar-refractivity contribution in [2.45, 2.75) is 11.8 Å². The average molecular weight is 326 g/mol. The summed E-state index contributed by atoms with van der Waals surface area (Å²) in [5.74, 6) is 0. The number of rotatable bonds is 4. The number of nitrogens with zero attached hydrogens (tertiary/aromatic N) is 5. The van der Waals surface area contributed by atoms with Crippen LogP contribution in [0.25, 0.3) is 10.9 Å². The van der Waals surface area contributed by atoms with E-state index in [1.807, 2.05) is 16.4 Å². The molecule has 0 saturated carbocycles. The fraction of sp³-hybridized carbons (Fsp3) is 0.312. The molecule has 1 N–H and O–H groups in total. The fourth-order valence-corrected chi connectivity index (χ4v) is 3.90. The summed E-state index contributed by atoms with van der Waals surface area (Å²) in [6.45, 7) is 1.65. The molecule has 1 aromatic carbocycles. The molecule has 0 spiro atoms. The number of thioether (sulfide) groups is 1. The second-order valence-corrected chi connectivity index (χ2v) is 7.11. The summed E-state index contributed by atoms with van der Waals surface area (Å²) in [4.78, 5) is 14.4. The topological polar surface area (TPSA) is 62.1 Å². The van der Waals surface area contributed by atoms with Crippen LogP contribution in [-0.2, 0) is 6.54 Å². The minimum absolute atomic E-state index is 0.409. The minimum Gasteiger partial charge on any atom is -0.376 e. The van der Waals surface area contributed by atoms with Gasteiger partial charge in [-0.2, -0.15) is 5.10 Å². The molecule has 6 nitrogen and oxygen atoms in total. The Kier molecular flexibility index (Phi) is 3.57. The maximum Gasteiger partial charge on any atom is 0.137 e. The van der Waals surface area contributed by atoms with E-state index in [4.69, 9.17) is 4.99 Å². The smallest absolute Gasteiger partial charge is 0.137 e. The molecular formula is C16H18N6S. The number of anilines is 1. The van der Waals surface area contributed by atoms with Crippen LogP contribution in [-0.4, -0.2) is 50.7 Å². The molecule has 0 aliphatic carbocycles. The van der Waals surface area contributed by atoms with Gasteiger partial charge in [0, 0.05) is 19.5 Å². The standard InChI is InChI=1S/C16H18N6S/c1-21(2)14-5-3-4-11-6-13(20-15(11)14)16-18-7-12(23-16)8-22-10-17-9-19-22/h3-6,9-10,12,20H,7-8H2,1-2H3. The van der Waals surface area contributed by atoms with E-state index in [0.29, 0.717) is 5.25 Å². The highest BCUT2D eigenvalue weighted by atomic mass is 32.2. The first kappa shape index (κ1) is 14.3. The zero-order chi connectivity index (χ0) is 15.8. The normalized spacial score (nSPS) is 17.7. The summed E-state index contributed by atoms with van der Waals surface area (Å²) in [7, 11) is 4.12. The summed E-state index contributed by atoms with van der Waals surface area (Å²) in [6.07, 6.45) is 3.33. The van der Waals surface area contributed by atoms with E-state index in [1.165, 1.54) is 11.1 Å². The van der Waals surface area contributed by atoms with E-state index < -0.39 is 0 Å². The van der Waals surface area contributed by atoms with Crippen molar-refractivity contribution >= 4 is 33.4 Å². The number of aromatic nitrogens is 4. The first-order valence-electron chi connectivity index (χ1n) is 7.53. The predicted molar refractivity (Wildman–Crippen MR) is 95.4 cm³/mol. The van der Waals surface area contributed by atoms with Crippen LogP contribution in [0, 0.1) is 0 Å². The van der Waals surface area contributed by atoms with E-state index in [0.717, 1.165) is 29.3 Å². The van der Waals surface area contributed by atoms with Crippen LogP contribution in [0.2, 0.25) is 0 Å². The van der Waals surface area contributed by atoms with E-state index in [9.17, 15) is 0 Å². The van der Waals surface area contributed by atoms with Gasteiger partial charge in [0.2, 0.25) is 0 Å². The molecule has 2 aromatic heterocycles. The maximum atomic E-state index is 4.71. The monoisotopic (exact) mass is 326 g/mol. The summed E-state index contributed by atoms with van der Waals surface area (Å²) < 4.78 is 1.87. The SMILES string of the molecule is CN(C)c1cccc2cc(C3=NCC(Cn4cncn4)S3)[nH]c12. The Morgan fingerprint density at radius 2 is 2.30 bits per heavy atom. The Morgan fingerprint density at radius 1 is 1.39 bits per heavy atom. The Bertz CT molecular complexity index is 849. The first-order valence-corrected chi connectivity index (χ1v) is 8.41. The molecule has 3 heterocycles. The summed E-state index contributed by atoms with van der Waals surface area (Å²) in [5.41, 5.74) is 3.45. The fourth-order valence-electron chi connectivity index (χ4n) is 2.82. The first-order chi connectivity index (χ1) is 11.2. The Balaban J connectivity index is 1.57. The number of nitrogens with one attached hydrogen (secondary N) is 1. The highest BCUT2D eigenvalue weighted by molar-refractivity contribution is 8.15.